The van der Waals surface area contributed by atoms with E-state index in [1.165, 1.54) is 12.1 Å². The molecule has 2 aromatic rings. The molecule has 0 aliphatic carbocycles. The van der Waals surface area contributed by atoms with Gasteiger partial charge >= 0.3 is 0 Å². The van der Waals surface area contributed by atoms with Gasteiger partial charge in [0.05, 0.1) is 12.1 Å². The van der Waals surface area contributed by atoms with Crippen LogP contribution >= 0.6 is 0 Å². The van der Waals surface area contributed by atoms with Gasteiger partial charge in [0.15, 0.2) is 6.10 Å². The van der Waals surface area contributed by atoms with E-state index in [0.29, 0.717) is 24.5 Å². The highest BCUT2D eigenvalue weighted by atomic mass is 19.1. The number of hydrogen-bond donors (Lipinski definition) is 1. The van der Waals surface area contributed by atoms with Crippen molar-refractivity contribution >= 4 is 17.5 Å². The molecule has 6 nitrogen and oxygen atoms in total. The molecule has 1 fully saturated rings. The van der Waals surface area contributed by atoms with Gasteiger partial charge in [-0.1, -0.05) is 24.3 Å². The lowest BCUT2D eigenvalue weighted by Crippen LogP contribution is -2.50. The quantitative estimate of drug-likeness (QED) is 0.880. The summed E-state index contributed by atoms with van der Waals surface area (Å²) in [5, 5.41) is 2.79. The Morgan fingerprint density at radius 3 is 2.54 bits per heavy atom. The average Bonchev–Trinajstić information content (AvgIpc) is 2.71. The number of piperazine rings is 1. The van der Waals surface area contributed by atoms with Crippen molar-refractivity contribution in [2.45, 2.75) is 19.1 Å². The summed E-state index contributed by atoms with van der Waals surface area (Å²) in [6, 6.07) is 13.7. The number of ether oxygens (including phenoxy) is 1. The number of nitrogens with one attached hydrogen (secondary N) is 1. The number of hydrogen-bond acceptors (Lipinski definition) is 4. The second-order valence-corrected chi connectivity index (χ2v) is 7.08. The number of amides is 2. The highest BCUT2D eigenvalue weighted by molar-refractivity contribution is 5.99. The van der Waals surface area contributed by atoms with Crippen molar-refractivity contribution in [1.82, 2.24) is 9.80 Å². The zero-order valence-electron chi connectivity index (χ0n) is 15.4. The Balaban J connectivity index is 1.28. The lowest BCUT2D eigenvalue weighted by Gasteiger charge is -2.35. The molecule has 2 heterocycles. The second-order valence-electron chi connectivity index (χ2n) is 7.08. The molecule has 1 N–H and O–H groups in total. The first-order valence-electron chi connectivity index (χ1n) is 9.39. The number of carbonyl (C=O) groups excluding carboxylic acids is 2. The summed E-state index contributed by atoms with van der Waals surface area (Å²) in [5.41, 5.74) is 1.68. The van der Waals surface area contributed by atoms with Gasteiger partial charge in [0.2, 0.25) is 5.91 Å². The summed E-state index contributed by atoms with van der Waals surface area (Å²) in [6.45, 7) is 3.41. The highest BCUT2D eigenvalue weighted by Crippen LogP contribution is 2.29. The van der Waals surface area contributed by atoms with Crippen LogP contribution < -0.4 is 10.1 Å². The van der Waals surface area contributed by atoms with Crippen molar-refractivity contribution in [2.75, 3.05) is 31.5 Å². The van der Waals surface area contributed by atoms with Gasteiger partial charge in [0.1, 0.15) is 11.6 Å². The van der Waals surface area contributed by atoms with Gasteiger partial charge in [-0.05, 0) is 29.8 Å². The number of fused-ring (bicyclic) bond motifs is 1. The molecule has 0 spiro atoms. The normalized spacial score (nSPS) is 19.5. The maximum atomic E-state index is 13.0. The fourth-order valence-corrected chi connectivity index (χ4v) is 3.52. The van der Waals surface area contributed by atoms with Crippen LogP contribution in [0.5, 0.6) is 5.75 Å². The Kier molecular flexibility index (Phi) is 5.25. The van der Waals surface area contributed by atoms with Crippen LogP contribution in [-0.4, -0.2) is 53.9 Å². The zero-order valence-corrected chi connectivity index (χ0v) is 15.4. The van der Waals surface area contributed by atoms with E-state index in [1.807, 2.05) is 12.1 Å². The first-order chi connectivity index (χ1) is 13.6. The summed E-state index contributed by atoms with van der Waals surface area (Å²) in [6.07, 6.45) is -0.780. The van der Waals surface area contributed by atoms with Crippen molar-refractivity contribution in [3.63, 3.8) is 0 Å². The largest absolute Gasteiger partial charge is 0.478 e. The van der Waals surface area contributed by atoms with Crippen LogP contribution in [0.15, 0.2) is 48.5 Å². The van der Waals surface area contributed by atoms with E-state index in [4.69, 9.17) is 4.74 Å². The first-order valence-corrected chi connectivity index (χ1v) is 9.39. The molecule has 7 heteroatoms. The second kappa shape index (κ2) is 7.98. The molecule has 0 saturated carbocycles. The van der Waals surface area contributed by atoms with E-state index < -0.39 is 6.10 Å². The molecular formula is C21H22FN3O3. The summed E-state index contributed by atoms with van der Waals surface area (Å²) < 4.78 is 18.7. The molecule has 146 valence electrons. The molecule has 1 saturated heterocycles. The molecular weight excluding hydrogens is 361 g/mol. The number of carbonyl (C=O) groups is 2. The molecule has 1 unspecified atom stereocenters. The minimum Gasteiger partial charge on any atom is -0.478 e. The molecule has 2 aliphatic heterocycles. The summed E-state index contributed by atoms with van der Waals surface area (Å²) >= 11 is 0. The molecule has 28 heavy (non-hydrogen) atoms. The number of halogens is 1. The third kappa shape index (κ3) is 4.14. The fraction of sp³-hybridized carbons (Fsp3) is 0.333. The predicted octanol–water partition coefficient (Wildman–Crippen LogP) is 2.26. The van der Waals surface area contributed by atoms with E-state index >= 15 is 0 Å². The lowest BCUT2D eigenvalue weighted by atomic mass is 10.1. The number of benzene rings is 2. The van der Waals surface area contributed by atoms with Crippen LogP contribution in [0.3, 0.4) is 0 Å². The van der Waals surface area contributed by atoms with E-state index in [0.717, 1.165) is 25.2 Å². The van der Waals surface area contributed by atoms with Crippen molar-refractivity contribution in [1.29, 1.82) is 0 Å². The lowest BCUT2D eigenvalue weighted by molar-refractivity contribution is -0.138. The first kappa shape index (κ1) is 18.4. The monoisotopic (exact) mass is 383 g/mol. The van der Waals surface area contributed by atoms with Gasteiger partial charge in [0.25, 0.3) is 5.91 Å². The molecule has 0 radical (unpaired) electrons. The highest BCUT2D eigenvalue weighted by Gasteiger charge is 2.32. The van der Waals surface area contributed by atoms with E-state index in [2.05, 4.69) is 10.2 Å². The smallest absolute Gasteiger partial charge is 0.266 e. The van der Waals surface area contributed by atoms with Crippen LogP contribution in [0.1, 0.15) is 12.0 Å². The summed E-state index contributed by atoms with van der Waals surface area (Å²) in [7, 11) is 0. The van der Waals surface area contributed by atoms with Gasteiger partial charge in [-0.15, -0.1) is 0 Å². The van der Waals surface area contributed by atoms with Crippen LogP contribution in [0.25, 0.3) is 0 Å². The number of para-hydroxylation sites is 2. The Bertz CT molecular complexity index is 863. The zero-order chi connectivity index (χ0) is 19.5. The predicted molar refractivity (Wildman–Crippen MR) is 102 cm³/mol. The number of anilines is 1. The topological polar surface area (TPSA) is 61.9 Å². The Morgan fingerprint density at radius 2 is 1.79 bits per heavy atom. The molecule has 2 aromatic carbocycles. The third-order valence-corrected chi connectivity index (χ3v) is 5.11. The molecule has 0 bridgehead atoms. The maximum Gasteiger partial charge on any atom is 0.266 e. The molecule has 4 rings (SSSR count). The minimum atomic E-state index is -0.806. The SMILES string of the molecule is O=C1Nc2ccccc2OC1CC(=O)N1CCN(Cc2ccc(F)cc2)CC1. The Morgan fingerprint density at radius 1 is 1.07 bits per heavy atom. The third-order valence-electron chi connectivity index (χ3n) is 5.11. The molecule has 2 amide bonds. The molecule has 2 aliphatic rings. The van der Waals surface area contributed by atoms with Gasteiger partial charge < -0.3 is 15.0 Å². The van der Waals surface area contributed by atoms with Crippen molar-refractivity contribution < 1.29 is 18.7 Å². The van der Waals surface area contributed by atoms with Crippen LogP contribution in [0.4, 0.5) is 10.1 Å². The maximum absolute atomic E-state index is 13.0. The molecule has 1 atom stereocenters. The minimum absolute atomic E-state index is 0.0259. The number of rotatable bonds is 4. The Hall–Kier alpha value is -2.93. The van der Waals surface area contributed by atoms with Crippen molar-refractivity contribution in [2.24, 2.45) is 0 Å². The van der Waals surface area contributed by atoms with E-state index in [-0.39, 0.29) is 24.1 Å². The summed E-state index contributed by atoms with van der Waals surface area (Å²) in [4.78, 5) is 28.9. The van der Waals surface area contributed by atoms with Crippen LogP contribution in [-0.2, 0) is 16.1 Å². The van der Waals surface area contributed by atoms with Crippen molar-refractivity contribution in [3.05, 3.63) is 59.9 Å². The summed E-state index contributed by atoms with van der Waals surface area (Å²) in [5.74, 6) is -0.0252. The van der Waals surface area contributed by atoms with Crippen molar-refractivity contribution in [3.8, 4) is 5.75 Å². The van der Waals surface area contributed by atoms with Gasteiger partial charge in [-0.3, -0.25) is 14.5 Å². The van der Waals surface area contributed by atoms with Crippen LogP contribution in [0, 0.1) is 5.82 Å². The Labute approximate surface area is 162 Å². The fourth-order valence-electron chi connectivity index (χ4n) is 3.52. The average molecular weight is 383 g/mol. The number of nitrogens with zero attached hydrogens (tertiary/aromatic N) is 2. The van der Waals surface area contributed by atoms with Gasteiger partial charge in [0, 0.05) is 32.7 Å². The van der Waals surface area contributed by atoms with Gasteiger partial charge in [-0.2, -0.15) is 0 Å². The molecule has 0 aromatic heterocycles. The van der Waals surface area contributed by atoms with Gasteiger partial charge in [-0.25, -0.2) is 4.39 Å². The van der Waals surface area contributed by atoms with E-state index in [1.54, 1.807) is 29.2 Å². The van der Waals surface area contributed by atoms with Crippen LogP contribution in [0.2, 0.25) is 0 Å². The van der Waals surface area contributed by atoms with E-state index in [9.17, 15) is 14.0 Å². The standard InChI is InChI=1S/C21H22FN3O3/c22-16-7-5-15(6-8-16)14-24-9-11-25(12-10-24)20(26)13-19-21(27)23-17-3-1-2-4-18(17)28-19/h1-8,19H,9-14H2,(H,23,27).